The van der Waals surface area contributed by atoms with Crippen LogP contribution in [0.3, 0.4) is 0 Å². The minimum Gasteiger partial charge on any atom is -0.463 e. The van der Waals surface area contributed by atoms with Gasteiger partial charge in [-0.3, -0.25) is 0 Å². The van der Waals surface area contributed by atoms with Crippen molar-refractivity contribution in [3.05, 3.63) is 41.0 Å². The van der Waals surface area contributed by atoms with Gasteiger partial charge < -0.3 is 14.8 Å². The Balaban J connectivity index is 1.89. The molecular formula is C21H29NO4. The second-order valence-corrected chi connectivity index (χ2v) is 7.61. The molecule has 142 valence electrons. The second-order valence-electron chi connectivity index (χ2n) is 7.61. The zero-order valence-corrected chi connectivity index (χ0v) is 16.1. The second kappa shape index (κ2) is 8.88. The minimum absolute atomic E-state index is 0.321. The van der Waals surface area contributed by atoms with E-state index in [-0.39, 0.29) is 12.1 Å². The number of hydrogen-bond donors (Lipinski definition) is 1. The summed E-state index contributed by atoms with van der Waals surface area (Å²) in [5.74, 6) is 0.0921. The Morgan fingerprint density at radius 2 is 2.04 bits per heavy atom. The van der Waals surface area contributed by atoms with Gasteiger partial charge in [0, 0.05) is 12.6 Å². The van der Waals surface area contributed by atoms with E-state index < -0.39 is 5.60 Å². The van der Waals surface area contributed by atoms with Gasteiger partial charge >= 0.3 is 12.1 Å². The monoisotopic (exact) mass is 359 g/mol. The number of amides is 1. The molecule has 1 amide bonds. The lowest BCUT2D eigenvalue weighted by molar-refractivity contribution is -0.137. The summed E-state index contributed by atoms with van der Waals surface area (Å²) in [6, 6.07) is 6.25. The number of benzene rings is 1. The number of hydrogen-bond acceptors (Lipinski definition) is 4. The van der Waals surface area contributed by atoms with E-state index in [2.05, 4.69) is 17.4 Å². The highest BCUT2D eigenvalue weighted by Crippen LogP contribution is 2.26. The maximum Gasteiger partial charge on any atom is 0.407 e. The van der Waals surface area contributed by atoms with Crippen molar-refractivity contribution in [3.63, 3.8) is 0 Å². The number of alkyl carbamates (subject to hydrolysis) is 1. The first-order valence-corrected chi connectivity index (χ1v) is 9.20. The molecule has 0 bridgehead atoms. The van der Waals surface area contributed by atoms with Gasteiger partial charge in [0.2, 0.25) is 0 Å². The Morgan fingerprint density at radius 3 is 2.73 bits per heavy atom. The van der Waals surface area contributed by atoms with Crippen LogP contribution >= 0.6 is 0 Å². The van der Waals surface area contributed by atoms with Gasteiger partial charge in [-0.2, -0.15) is 0 Å². The fraction of sp³-hybridized carbons (Fsp3) is 0.524. The molecule has 2 rings (SSSR count). The van der Waals surface area contributed by atoms with Crippen LogP contribution in [0.5, 0.6) is 0 Å². The third-order valence-electron chi connectivity index (χ3n) is 4.19. The first kappa shape index (κ1) is 20.0. The van der Waals surface area contributed by atoms with E-state index in [1.807, 2.05) is 26.8 Å². The van der Waals surface area contributed by atoms with Gasteiger partial charge in [0.25, 0.3) is 0 Å². The van der Waals surface area contributed by atoms with E-state index in [4.69, 9.17) is 9.47 Å². The molecule has 1 atom stereocenters. The van der Waals surface area contributed by atoms with Crippen molar-refractivity contribution in [3.8, 4) is 0 Å². The zero-order valence-electron chi connectivity index (χ0n) is 16.1. The SMILES string of the molecule is CCOC(=O)C=Cc1ccc2c(c1)CCC(CNC(=O)OC(C)(C)C)C2. The molecule has 0 heterocycles. The molecule has 0 saturated heterocycles. The summed E-state index contributed by atoms with van der Waals surface area (Å²) in [5.41, 5.74) is 3.14. The Bertz CT molecular complexity index is 673. The highest BCUT2D eigenvalue weighted by atomic mass is 16.6. The number of ether oxygens (including phenoxy) is 2. The topological polar surface area (TPSA) is 64.6 Å². The molecule has 1 aliphatic rings. The lowest BCUT2D eigenvalue weighted by atomic mass is 9.83. The largest absolute Gasteiger partial charge is 0.463 e. The third kappa shape index (κ3) is 6.54. The number of fused-ring (bicyclic) bond motifs is 1. The van der Waals surface area contributed by atoms with Crippen molar-refractivity contribution >= 4 is 18.1 Å². The first-order chi connectivity index (χ1) is 12.3. The normalized spacial score (nSPS) is 16.8. The molecule has 26 heavy (non-hydrogen) atoms. The van der Waals surface area contributed by atoms with Crippen LogP contribution in [0.2, 0.25) is 0 Å². The van der Waals surface area contributed by atoms with E-state index in [1.165, 1.54) is 17.2 Å². The van der Waals surface area contributed by atoms with E-state index in [9.17, 15) is 9.59 Å². The molecule has 5 nitrogen and oxygen atoms in total. The van der Waals surface area contributed by atoms with Gasteiger partial charge in [0.05, 0.1) is 6.61 Å². The first-order valence-electron chi connectivity index (χ1n) is 9.20. The Morgan fingerprint density at radius 1 is 1.27 bits per heavy atom. The fourth-order valence-corrected chi connectivity index (χ4v) is 3.02. The Labute approximate surface area is 155 Å². The molecule has 0 saturated carbocycles. The number of esters is 1. The van der Waals surface area contributed by atoms with Crippen molar-refractivity contribution in [2.45, 2.75) is 52.6 Å². The summed E-state index contributed by atoms with van der Waals surface area (Å²) in [7, 11) is 0. The maximum atomic E-state index is 11.8. The van der Waals surface area contributed by atoms with Gasteiger partial charge in [0.15, 0.2) is 0 Å². The maximum absolute atomic E-state index is 11.8. The molecule has 0 aromatic heterocycles. The molecule has 0 fully saturated rings. The highest BCUT2D eigenvalue weighted by molar-refractivity contribution is 5.87. The molecule has 1 aromatic carbocycles. The quantitative estimate of drug-likeness (QED) is 0.640. The minimum atomic E-state index is -0.475. The smallest absolute Gasteiger partial charge is 0.407 e. The van der Waals surface area contributed by atoms with Crippen LogP contribution in [0.4, 0.5) is 4.79 Å². The summed E-state index contributed by atoms with van der Waals surface area (Å²) in [6.45, 7) is 8.37. The van der Waals surface area contributed by atoms with E-state index in [0.717, 1.165) is 24.8 Å². The van der Waals surface area contributed by atoms with Crippen molar-refractivity contribution in [1.29, 1.82) is 0 Å². The van der Waals surface area contributed by atoms with Crippen molar-refractivity contribution in [2.24, 2.45) is 5.92 Å². The van der Waals surface area contributed by atoms with E-state index in [0.29, 0.717) is 19.1 Å². The van der Waals surface area contributed by atoms with Crippen LogP contribution in [0, 0.1) is 5.92 Å². The Kier molecular flexibility index (Phi) is 6.83. The number of carbonyl (C=O) groups is 2. The van der Waals surface area contributed by atoms with Gasteiger partial charge in [-0.15, -0.1) is 0 Å². The molecule has 0 aliphatic heterocycles. The van der Waals surface area contributed by atoms with E-state index >= 15 is 0 Å². The van der Waals surface area contributed by atoms with Crippen LogP contribution in [0.1, 0.15) is 50.8 Å². The molecule has 5 heteroatoms. The number of nitrogens with one attached hydrogen (secondary N) is 1. The van der Waals surface area contributed by atoms with Gasteiger partial charge in [-0.05, 0) is 75.6 Å². The molecule has 1 N–H and O–H groups in total. The van der Waals surface area contributed by atoms with Crippen LogP contribution in [-0.4, -0.2) is 30.8 Å². The van der Waals surface area contributed by atoms with Gasteiger partial charge in [0.1, 0.15) is 5.60 Å². The molecule has 1 aliphatic carbocycles. The summed E-state index contributed by atoms with van der Waals surface area (Å²) < 4.78 is 10.2. The predicted octanol–water partition coefficient (Wildman–Crippen LogP) is 3.89. The third-order valence-corrected chi connectivity index (χ3v) is 4.19. The van der Waals surface area contributed by atoms with Gasteiger partial charge in [-0.25, -0.2) is 9.59 Å². The van der Waals surface area contributed by atoms with Crippen molar-refractivity contribution in [1.82, 2.24) is 5.32 Å². The summed E-state index contributed by atoms with van der Waals surface area (Å²) >= 11 is 0. The standard InChI is InChI=1S/C21H29NO4/c1-5-25-19(23)11-8-15-6-9-18-13-16(7-10-17(18)12-15)14-22-20(24)26-21(2,3)4/h6,8-9,11-12,16H,5,7,10,13-14H2,1-4H3,(H,22,24). The average molecular weight is 359 g/mol. The molecule has 1 unspecified atom stereocenters. The number of rotatable bonds is 5. The van der Waals surface area contributed by atoms with Crippen LogP contribution in [0.15, 0.2) is 24.3 Å². The zero-order chi connectivity index (χ0) is 19.2. The fourth-order valence-electron chi connectivity index (χ4n) is 3.02. The molecule has 1 aromatic rings. The highest BCUT2D eigenvalue weighted by Gasteiger charge is 2.21. The summed E-state index contributed by atoms with van der Waals surface area (Å²) in [4.78, 5) is 23.2. The lowest BCUT2D eigenvalue weighted by Gasteiger charge is -2.26. The molecule has 0 spiro atoms. The summed E-state index contributed by atoms with van der Waals surface area (Å²) in [6.07, 6.45) is 5.82. The Hall–Kier alpha value is -2.30. The van der Waals surface area contributed by atoms with Crippen LogP contribution < -0.4 is 5.32 Å². The van der Waals surface area contributed by atoms with E-state index in [1.54, 1.807) is 13.0 Å². The predicted molar refractivity (Wildman–Crippen MR) is 102 cm³/mol. The van der Waals surface area contributed by atoms with Crippen molar-refractivity contribution < 1.29 is 19.1 Å². The average Bonchev–Trinajstić information content (AvgIpc) is 2.56. The lowest BCUT2D eigenvalue weighted by Crippen LogP contribution is -2.36. The van der Waals surface area contributed by atoms with Crippen LogP contribution in [0.25, 0.3) is 6.08 Å². The number of carbonyl (C=O) groups excluding carboxylic acids is 2. The van der Waals surface area contributed by atoms with Gasteiger partial charge in [-0.1, -0.05) is 18.2 Å². The van der Waals surface area contributed by atoms with Crippen LogP contribution in [-0.2, 0) is 27.1 Å². The molecule has 0 radical (unpaired) electrons. The number of aryl methyl sites for hydroxylation is 1. The molecular weight excluding hydrogens is 330 g/mol. The van der Waals surface area contributed by atoms with Crippen molar-refractivity contribution in [2.75, 3.05) is 13.2 Å². The summed E-state index contributed by atoms with van der Waals surface area (Å²) in [5, 5.41) is 2.87.